The van der Waals surface area contributed by atoms with Crippen molar-refractivity contribution in [2.24, 2.45) is 5.92 Å². The highest BCUT2D eigenvalue weighted by Gasteiger charge is 2.37. The van der Waals surface area contributed by atoms with E-state index in [0.717, 1.165) is 6.42 Å². The van der Waals surface area contributed by atoms with Crippen LogP contribution in [0.25, 0.3) is 28.9 Å². The van der Waals surface area contributed by atoms with Gasteiger partial charge in [-0.3, -0.25) is 0 Å². The van der Waals surface area contributed by atoms with E-state index in [9.17, 15) is 0 Å². The van der Waals surface area contributed by atoms with Gasteiger partial charge in [0.2, 0.25) is 0 Å². The first-order valence-electron chi connectivity index (χ1n) is 16.1. The Balaban J connectivity index is 1.46. The molecule has 0 saturated carbocycles. The predicted molar refractivity (Wildman–Crippen MR) is 195 cm³/mol. The van der Waals surface area contributed by atoms with E-state index in [2.05, 4.69) is 183 Å². The lowest BCUT2D eigenvalue weighted by Gasteiger charge is -2.23. The molecule has 1 unspecified atom stereocenters. The zero-order valence-electron chi connectivity index (χ0n) is 26.0. The molecule has 0 amide bonds. The van der Waals surface area contributed by atoms with E-state index in [4.69, 9.17) is 0 Å². The van der Waals surface area contributed by atoms with Crippen molar-refractivity contribution in [2.45, 2.75) is 13.3 Å². The summed E-state index contributed by atoms with van der Waals surface area (Å²) in [4.78, 5) is 0. The molecule has 0 heterocycles. The van der Waals surface area contributed by atoms with Crippen molar-refractivity contribution in [3.63, 3.8) is 0 Å². The van der Waals surface area contributed by atoms with Gasteiger partial charge in [-0.05, 0) is 97.9 Å². The molecule has 218 valence electrons. The maximum absolute atomic E-state index is 3.87. The molecule has 0 radical (unpaired) electrons. The lowest BCUT2D eigenvalue weighted by molar-refractivity contribution is 0.971. The molecule has 3 aliphatic carbocycles. The highest BCUT2D eigenvalue weighted by molar-refractivity contribution is 6.08. The minimum absolute atomic E-state index is 0.0250. The number of fused-ring (bicyclic) bond motifs is 2. The highest BCUT2D eigenvalue weighted by Crippen LogP contribution is 2.54. The molecule has 1 atom stereocenters. The summed E-state index contributed by atoms with van der Waals surface area (Å²) in [7, 11) is 0. The number of hydrogen-bond acceptors (Lipinski definition) is 0. The van der Waals surface area contributed by atoms with Crippen molar-refractivity contribution in [1.29, 1.82) is 0 Å². The summed E-state index contributed by atoms with van der Waals surface area (Å²) in [5, 5.41) is 0. The third-order valence-corrected chi connectivity index (χ3v) is 9.37. The molecular weight excluding hydrogens is 553 g/mol. The molecule has 5 aromatic carbocycles. The summed E-state index contributed by atoms with van der Waals surface area (Å²) in [6.07, 6.45) is 12.6. The van der Waals surface area contributed by atoms with Crippen molar-refractivity contribution in [3.8, 4) is 0 Å². The average Bonchev–Trinajstić information content (AvgIpc) is 3.36. The smallest absolute Gasteiger partial charge is 0.0434 e. The molecule has 46 heavy (non-hydrogen) atoms. The SMILES string of the molecule is C/C1=C\c2ccccc2C/C=C\C2=C1C(C1=C=Cc3ccccc3C(c3ccccc3)=C1)C(c1ccccc1)=C2c1ccccc1. The minimum atomic E-state index is -0.0250. The van der Waals surface area contributed by atoms with Gasteiger partial charge in [-0.1, -0.05) is 158 Å². The van der Waals surface area contributed by atoms with Gasteiger partial charge < -0.3 is 0 Å². The lowest BCUT2D eigenvalue weighted by atomic mass is 9.79. The molecule has 0 aliphatic heterocycles. The van der Waals surface area contributed by atoms with Crippen LogP contribution in [-0.4, -0.2) is 0 Å². The summed E-state index contributed by atoms with van der Waals surface area (Å²) >= 11 is 0. The number of hydrogen-bond donors (Lipinski definition) is 0. The van der Waals surface area contributed by atoms with Crippen molar-refractivity contribution >= 4 is 28.9 Å². The summed E-state index contributed by atoms with van der Waals surface area (Å²) in [5.74, 6) is -0.0250. The van der Waals surface area contributed by atoms with Crippen LogP contribution in [0.5, 0.6) is 0 Å². The molecule has 5 aromatic rings. The lowest BCUT2D eigenvalue weighted by Crippen LogP contribution is -2.08. The van der Waals surface area contributed by atoms with E-state index >= 15 is 0 Å². The van der Waals surface area contributed by atoms with Gasteiger partial charge in [-0.2, -0.15) is 0 Å². The molecule has 8 rings (SSSR count). The first kappa shape index (κ1) is 27.8. The fourth-order valence-corrected chi connectivity index (χ4v) is 7.30. The van der Waals surface area contributed by atoms with Crippen LogP contribution in [0.4, 0.5) is 0 Å². The highest BCUT2D eigenvalue weighted by atomic mass is 14.4. The Bertz CT molecular complexity index is 2170. The van der Waals surface area contributed by atoms with Crippen LogP contribution in [0.2, 0.25) is 0 Å². The number of allylic oxidation sites excluding steroid dienone is 9. The minimum Gasteiger partial charge on any atom is -0.116 e. The second kappa shape index (κ2) is 12.0. The summed E-state index contributed by atoms with van der Waals surface area (Å²) < 4.78 is 0. The monoisotopic (exact) mass is 586 g/mol. The Hall–Kier alpha value is -5.68. The topological polar surface area (TPSA) is 0 Å². The van der Waals surface area contributed by atoms with Crippen molar-refractivity contribution in [3.05, 3.63) is 225 Å². The number of rotatable bonds is 4. The molecule has 0 saturated heterocycles. The van der Waals surface area contributed by atoms with E-state index in [0.29, 0.717) is 0 Å². The van der Waals surface area contributed by atoms with Gasteiger partial charge in [0.15, 0.2) is 0 Å². The van der Waals surface area contributed by atoms with Crippen LogP contribution < -0.4 is 0 Å². The van der Waals surface area contributed by atoms with Gasteiger partial charge in [-0.15, -0.1) is 5.73 Å². The van der Waals surface area contributed by atoms with Crippen molar-refractivity contribution < 1.29 is 0 Å². The first-order chi connectivity index (χ1) is 22.8. The normalized spacial score (nSPS) is 18.9. The van der Waals surface area contributed by atoms with Gasteiger partial charge in [0.1, 0.15) is 0 Å². The van der Waals surface area contributed by atoms with E-state index < -0.39 is 0 Å². The predicted octanol–water partition coefficient (Wildman–Crippen LogP) is 11.4. The van der Waals surface area contributed by atoms with Crippen LogP contribution in [0, 0.1) is 5.92 Å². The van der Waals surface area contributed by atoms with Crippen molar-refractivity contribution in [1.82, 2.24) is 0 Å². The Morgan fingerprint density at radius 1 is 0.565 bits per heavy atom. The quantitative estimate of drug-likeness (QED) is 0.184. The fraction of sp³-hybridized carbons (Fsp3) is 0.0652. The molecule has 0 heteroatoms. The molecule has 0 bridgehead atoms. The van der Waals surface area contributed by atoms with Crippen LogP contribution in [0.15, 0.2) is 186 Å². The van der Waals surface area contributed by atoms with Crippen LogP contribution in [-0.2, 0) is 6.42 Å². The van der Waals surface area contributed by atoms with Crippen LogP contribution >= 0.6 is 0 Å². The first-order valence-corrected chi connectivity index (χ1v) is 16.1. The third kappa shape index (κ3) is 5.00. The summed E-state index contributed by atoms with van der Waals surface area (Å²) in [5.41, 5.74) is 21.5. The van der Waals surface area contributed by atoms with Gasteiger partial charge >= 0.3 is 0 Å². The van der Waals surface area contributed by atoms with Crippen LogP contribution in [0.1, 0.15) is 45.9 Å². The van der Waals surface area contributed by atoms with Gasteiger partial charge in [-0.25, -0.2) is 0 Å². The zero-order chi connectivity index (χ0) is 30.9. The standard InChI is InChI=1S/C46H34/c1-32-30-38-24-12-11-16-33(38)25-15-27-41-43(32)46(45(37-22-9-4-10-23-37)44(41)36-20-7-3-8-21-36)39-29-28-35-19-13-14-26-40(35)42(31-39)34-17-5-2-6-18-34/h2-24,26-28,30-31,46H,25H2,1H3/b27-15-,32-30+. The van der Waals surface area contributed by atoms with E-state index in [1.807, 2.05) is 0 Å². The Kier molecular flexibility index (Phi) is 7.27. The Morgan fingerprint density at radius 2 is 1.17 bits per heavy atom. The van der Waals surface area contributed by atoms with Gasteiger partial charge in [0.05, 0.1) is 0 Å². The number of benzene rings is 5. The fourth-order valence-electron chi connectivity index (χ4n) is 7.30. The van der Waals surface area contributed by atoms with Crippen molar-refractivity contribution in [2.75, 3.05) is 0 Å². The molecule has 0 aromatic heterocycles. The summed E-state index contributed by atoms with van der Waals surface area (Å²) in [6, 6.07) is 50.2. The van der Waals surface area contributed by atoms with Crippen LogP contribution in [0.3, 0.4) is 0 Å². The molecule has 3 aliphatic rings. The maximum atomic E-state index is 3.87. The maximum Gasteiger partial charge on any atom is 0.0434 e. The zero-order valence-corrected chi connectivity index (χ0v) is 26.0. The second-order valence-electron chi connectivity index (χ2n) is 12.2. The van der Waals surface area contributed by atoms with E-state index in [1.54, 1.807) is 0 Å². The molecule has 0 N–H and O–H groups in total. The molecular formula is C46H34. The Labute approximate surface area is 272 Å². The third-order valence-electron chi connectivity index (χ3n) is 9.37. The second-order valence-corrected chi connectivity index (χ2v) is 12.2. The van der Waals surface area contributed by atoms with E-state index in [1.165, 1.54) is 78.0 Å². The molecule has 0 fully saturated rings. The summed E-state index contributed by atoms with van der Waals surface area (Å²) in [6.45, 7) is 2.30. The van der Waals surface area contributed by atoms with Gasteiger partial charge in [0.25, 0.3) is 0 Å². The van der Waals surface area contributed by atoms with E-state index in [-0.39, 0.29) is 5.92 Å². The largest absolute Gasteiger partial charge is 0.116 e. The Morgan fingerprint density at radius 3 is 1.91 bits per heavy atom. The molecule has 0 nitrogen and oxygen atoms in total. The van der Waals surface area contributed by atoms with Gasteiger partial charge in [0, 0.05) is 11.5 Å². The molecule has 0 spiro atoms. The average molecular weight is 587 g/mol.